The molecule has 1 fully saturated rings. The molecule has 24 heavy (non-hydrogen) atoms. The van der Waals surface area contributed by atoms with Crippen molar-refractivity contribution in [3.8, 4) is 0 Å². The van der Waals surface area contributed by atoms with Crippen LogP contribution in [0.25, 0.3) is 5.65 Å². The SMILES string of the molecule is CC(NC(=O)c1ccn(C2CCCC2)n1)c1nnc2ccccn12. The monoisotopic (exact) mass is 324 g/mol. The first-order chi connectivity index (χ1) is 11.7. The summed E-state index contributed by atoms with van der Waals surface area (Å²) >= 11 is 0. The van der Waals surface area contributed by atoms with Gasteiger partial charge in [0, 0.05) is 12.4 Å². The van der Waals surface area contributed by atoms with E-state index in [0.717, 1.165) is 18.5 Å². The van der Waals surface area contributed by atoms with Gasteiger partial charge >= 0.3 is 0 Å². The number of nitrogens with zero attached hydrogens (tertiary/aromatic N) is 5. The number of rotatable bonds is 4. The molecule has 3 heterocycles. The molecule has 1 aliphatic carbocycles. The molecule has 0 aliphatic heterocycles. The van der Waals surface area contributed by atoms with Crippen molar-refractivity contribution in [2.45, 2.75) is 44.7 Å². The van der Waals surface area contributed by atoms with E-state index < -0.39 is 0 Å². The Morgan fingerprint density at radius 3 is 2.88 bits per heavy atom. The molecule has 1 unspecified atom stereocenters. The second kappa shape index (κ2) is 6.07. The van der Waals surface area contributed by atoms with Crippen LogP contribution < -0.4 is 5.32 Å². The van der Waals surface area contributed by atoms with Gasteiger partial charge in [-0.15, -0.1) is 10.2 Å². The minimum Gasteiger partial charge on any atom is -0.341 e. The molecule has 7 heteroatoms. The molecule has 124 valence electrons. The highest BCUT2D eigenvalue weighted by Crippen LogP contribution is 2.28. The second-order valence-electron chi connectivity index (χ2n) is 6.30. The Hall–Kier alpha value is -2.70. The van der Waals surface area contributed by atoms with Crippen LogP contribution in [0.1, 0.15) is 61.0 Å². The zero-order valence-corrected chi connectivity index (χ0v) is 13.6. The maximum Gasteiger partial charge on any atom is 0.272 e. The molecule has 1 aliphatic rings. The quantitative estimate of drug-likeness (QED) is 0.800. The Bertz CT molecular complexity index is 861. The van der Waals surface area contributed by atoms with Gasteiger partial charge in [-0.2, -0.15) is 5.10 Å². The summed E-state index contributed by atoms with van der Waals surface area (Å²) in [7, 11) is 0. The summed E-state index contributed by atoms with van der Waals surface area (Å²) in [6.07, 6.45) is 8.56. The van der Waals surface area contributed by atoms with E-state index in [0.29, 0.717) is 17.6 Å². The predicted molar refractivity (Wildman–Crippen MR) is 88.6 cm³/mol. The zero-order chi connectivity index (χ0) is 16.5. The Morgan fingerprint density at radius 1 is 1.21 bits per heavy atom. The predicted octanol–water partition coefficient (Wildman–Crippen LogP) is 2.53. The van der Waals surface area contributed by atoms with Gasteiger partial charge in [0.2, 0.25) is 0 Å². The van der Waals surface area contributed by atoms with Gasteiger partial charge < -0.3 is 5.32 Å². The molecule has 0 bridgehead atoms. The number of carbonyl (C=O) groups is 1. The van der Waals surface area contributed by atoms with E-state index in [9.17, 15) is 4.79 Å². The van der Waals surface area contributed by atoms with Crippen LogP contribution in [-0.4, -0.2) is 30.3 Å². The topological polar surface area (TPSA) is 77.1 Å². The van der Waals surface area contributed by atoms with Crippen LogP contribution in [0.2, 0.25) is 0 Å². The largest absolute Gasteiger partial charge is 0.341 e. The molecule has 7 nitrogen and oxygen atoms in total. The van der Waals surface area contributed by atoms with Gasteiger partial charge in [0.05, 0.1) is 12.1 Å². The van der Waals surface area contributed by atoms with Gasteiger partial charge in [-0.3, -0.25) is 13.9 Å². The average molecular weight is 324 g/mol. The Balaban J connectivity index is 1.49. The lowest BCUT2D eigenvalue weighted by atomic mass is 10.3. The summed E-state index contributed by atoms with van der Waals surface area (Å²) < 4.78 is 3.81. The maximum absolute atomic E-state index is 12.5. The van der Waals surface area contributed by atoms with Crippen molar-refractivity contribution in [1.29, 1.82) is 0 Å². The lowest BCUT2D eigenvalue weighted by molar-refractivity contribution is 0.0932. The van der Waals surface area contributed by atoms with Crippen LogP contribution >= 0.6 is 0 Å². The summed E-state index contributed by atoms with van der Waals surface area (Å²) in [5.41, 5.74) is 1.21. The maximum atomic E-state index is 12.5. The van der Waals surface area contributed by atoms with Gasteiger partial charge in [0.1, 0.15) is 5.69 Å². The van der Waals surface area contributed by atoms with Crippen LogP contribution in [0.15, 0.2) is 36.7 Å². The second-order valence-corrected chi connectivity index (χ2v) is 6.30. The lowest BCUT2D eigenvalue weighted by Gasteiger charge is -2.12. The third-order valence-corrected chi connectivity index (χ3v) is 4.61. The number of fused-ring (bicyclic) bond motifs is 1. The fourth-order valence-electron chi connectivity index (χ4n) is 3.32. The number of nitrogens with one attached hydrogen (secondary N) is 1. The fraction of sp³-hybridized carbons (Fsp3) is 0.412. The van der Waals surface area contributed by atoms with Crippen LogP contribution in [0.5, 0.6) is 0 Å². The third-order valence-electron chi connectivity index (χ3n) is 4.61. The molecule has 0 aromatic carbocycles. The van der Waals surface area contributed by atoms with Crippen molar-refractivity contribution in [1.82, 2.24) is 29.7 Å². The minimum absolute atomic E-state index is 0.188. The van der Waals surface area contributed by atoms with Crippen molar-refractivity contribution in [2.24, 2.45) is 0 Å². The third kappa shape index (κ3) is 2.66. The molecule has 3 aromatic rings. The zero-order valence-electron chi connectivity index (χ0n) is 13.6. The van der Waals surface area contributed by atoms with E-state index in [1.807, 2.05) is 46.6 Å². The summed E-state index contributed by atoms with van der Waals surface area (Å²) in [4.78, 5) is 12.5. The average Bonchev–Trinajstić information content (AvgIpc) is 3.33. The van der Waals surface area contributed by atoms with E-state index in [2.05, 4.69) is 20.6 Å². The number of amides is 1. The molecule has 1 N–H and O–H groups in total. The highest BCUT2D eigenvalue weighted by molar-refractivity contribution is 5.92. The Labute approximate surface area is 139 Å². The molecular weight excluding hydrogens is 304 g/mol. The summed E-state index contributed by atoms with van der Waals surface area (Å²) in [6.45, 7) is 1.90. The van der Waals surface area contributed by atoms with Crippen molar-refractivity contribution in [3.63, 3.8) is 0 Å². The number of carbonyl (C=O) groups excluding carboxylic acids is 1. The first-order valence-corrected chi connectivity index (χ1v) is 8.38. The first-order valence-electron chi connectivity index (χ1n) is 8.38. The summed E-state index contributed by atoms with van der Waals surface area (Å²) in [6, 6.07) is 7.66. The summed E-state index contributed by atoms with van der Waals surface area (Å²) in [5.74, 6) is 0.515. The van der Waals surface area contributed by atoms with Crippen LogP contribution in [0, 0.1) is 0 Å². The van der Waals surface area contributed by atoms with Crippen molar-refractivity contribution in [2.75, 3.05) is 0 Å². The fourth-order valence-corrected chi connectivity index (χ4v) is 3.32. The number of pyridine rings is 1. The van der Waals surface area contributed by atoms with Crippen LogP contribution in [0.3, 0.4) is 0 Å². The molecule has 1 atom stereocenters. The van der Waals surface area contributed by atoms with E-state index in [1.54, 1.807) is 6.07 Å². The van der Waals surface area contributed by atoms with Gasteiger partial charge in [0.25, 0.3) is 5.91 Å². The highest BCUT2D eigenvalue weighted by Gasteiger charge is 2.21. The smallest absolute Gasteiger partial charge is 0.272 e. The molecular formula is C17H20N6O. The van der Waals surface area contributed by atoms with Crippen molar-refractivity contribution < 1.29 is 4.79 Å². The molecule has 4 rings (SSSR count). The minimum atomic E-state index is -0.258. The van der Waals surface area contributed by atoms with Crippen LogP contribution in [0.4, 0.5) is 0 Å². The molecule has 0 spiro atoms. The van der Waals surface area contributed by atoms with Gasteiger partial charge in [-0.05, 0) is 38.0 Å². The molecule has 1 saturated carbocycles. The van der Waals surface area contributed by atoms with E-state index in [-0.39, 0.29) is 11.9 Å². The molecule has 3 aromatic heterocycles. The molecule has 0 radical (unpaired) electrons. The number of aromatic nitrogens is 5. The number of hydrogen-bond donors (Lipinski definition) is 1. The summed E-state index contributed by atoms with van der Waals surface area (Å²) in [5, 5.41) is 15.7. The first kappa shape index (κ1) is 14.9. The number of hydrogen-bond acceptors (Lipinski definition) is 4. The van der Waals surface area contributed by atoms with E-state index in [1.165, 1.54) is 12.8 Å². The Morgan fingerprint density at radius 2 is 2.04 bits per heavy atom. The standard InChI is InChI=1S/C17H20N6O/c1-12(16-20-19-15-8-4-5-10-22(15)16)18-17(24)14-9-11-23(21-14)13-6-2-3-7-13/h4-5,8-13H,2-3,6-7H2,1H3,(H,18,24). The van der Waals surface area contributed by atoms with Crippen molar-refractivity contribution in [3.05, 3.63) is 48.2 Å². The molecule has 1 amide bonds. The Kier molecular flexibility index (Phi) is 3.76. The van der Waals surface area contributed by atoms with Crippen molar-refractivity contribution >= 4 is 11.6 Å². The normalized spacial score (nSPS) is 16.5. The van der Waals surface area contributed by atoms with Gasteiger partial charge in [-0.1, -0.05) is 18.9 Å². The molecule has 0 saturated heterocycles. The van der Waals surface area contributed by atoms with Gasteiger partial charge in [0.15, 0.2) is 11.5 Å². The van der Waals surface area contributed by atoms with E-state index in [4.69, 9.17) is 0 Å². The van der Waals surface area contributed by atoms with Gasteiger partial charge in [-0.25, -0.2) is 0 Å². The lowest BCUT2D eigenvalue weighted by Crippen LogP contribution is -2.28. The highest BCUT2D eigenvalue weighted by atomic mass is 16.2. The van der Waals surface area contributed by atoms with E-state index >= 15 is 0 Å². The van der Waals surface area contributed by atoms with Crippen LogP contribution in [-0.2, 0) is 0 Å².